The first kappa shape index (κ1) is 26.0. The standard InChI is InChI=1S/C26H26N8O5S/c1-14-6-19(33-10-16(11-33)24(36)29-9-17-4-2-3-5-39-17)30-23-20(14)21(35)18(25(37)38)12-34(23)26-31-22(32-40-26)15-7-27-13-28-8-15/h6-8,12-13,16-17H,2-5,9-11H2,1H3,(H,29,36)(H,37,38). The van der Waals surface area contributed by atoms with Gasteiger partial charge in [0.2, 0.25) is 16.5 Å². The lowest BCUT2D eigenvalue weighted by Gasteiger charge is -2.39. The number of aryl methyl sites for hydroxylation is 1. The average molecular weight is 563 g/mol. The number of carboxylic acids is 1. The molecule has 1 amide bonds. The van der Waals surface area contributed by atoms with Crippen molar-refractivity contribution < 1.29 is 19.4 Å². The monoisotopic (exact) mass is 562 g/mol. The number of aromatic nitrogens is 6. The lowest BCUT2D eigenvalue weighted by atomic mass is 9.98. The van der Waals surface area contributed by atoms with E-state index in [1.165, 1.54) is 17.1 Å². The van der Waals surface area contributed by atoms with Crippen LogP contribution in [0, 0.1) is 12.8 Å². The second-order valence-corrected chi connectivity index (χ2v) is 10.6. The molecular formula is C26H26N8O5S. The second kappa shape index (κ2) is 10.7. The third kappa shape index (κ3) is 4.91. The van der Waals surface area contributed by atoms with Gasteiger partial charge in [0.25, 0.3) is 0 Å². The molecule has 0 saturated carbocycles. The number of nitrogens with zero attached hydrogens (tertiary/aromatic N) is 7. The summed E-state index contributed by atoms with van der Waals surface area (Å²) in [7, 11) is 0. The molecule has 2 saturated heterocycles. The SMILES string of the molecule is Cc1cc(N2CC(C(=O)NCC3CCCCO3)C2)nc2c1c(=O)c(C(=O)O)cn2-c1nc(-c2cncnc2)ns1. The van der Waals surface area contributed by atoms with Crippen LogP contribution in [0.4, 0.5) is 5.82 Å². The van der Waals surface area contributed by atoms with Gasteiger partial charge in [0.05, 0.1) is 23.0 Å². The molecular weight excluding hydrogens is 536 g/mol. The van der Waals surface area contributed by atoms with E-state index in [2.05, 4.69) is 24.6 Å². The quantitative estimate of drug-likeness (QED) is 0.337. The van der Waals surface area contributed by atoms with E-state index in [4.69, 9.17) is 9.72 Å². The van der Waals surface area contributed by atoms with Gasteiger partial charge in [0, 0.05) is 56.4 Å². The smallest absolute Gasteiger partial charge is 0.341 e. The van der Waals surface area contributed by atoms with E-state index in [0.29, 0.717) is 47.5 Å². The van der Waals surface area contributed by atoms with Crippen LogP contribution in [0.15, 0.2) is 35.8 Å². The van der Waals surface area contributed by atoms with Crippen LogP contribution in [0.1, 0.15) is 35.2 Å². The predicted molar refractivity (Wildman–Crippen MR) is 146 cm³/mol. The van der Waals surface area contributed by atoms with Crippen molar-refractivity contribution in [3.8, 4) is 16.5 Å². The number of carbonyl (C=O) groups excluding carboxylic acids is 1. The van der Waals surface area contributed by atoms with Gasteiger partial charge >= 0.3 is 5.97 Å². The fourth-order valence-electron chi connectivity index (χ4n) is 4.94. The second-order valence-electron chi connectivity index (χ2n) is 9.91. The zero-order valence-electron chi connectivity index (χ0n) is 21.6. The number of nitrogens with one attached hydrogen (secondary N) is 1. The van der Waals surface area contributed by atoms with E-state index in [1.807, 2.05) is 4.90 Å². The number of hydrogen-bond acceptors (Lipinski definition) is 11. The molecule has 0 radical (unpaired) electrons. The summed E-state index contributed by atoms with van der Waals surface area (Å²) in [6.07, 6.45) is 8.98. The van der Waals surface area contributed by atoms with Gasteiger partial charge < -0.3 is 20.1 Å². The fraction of sp³-hybridized carbons (Fsp3) is 0.385. The van der Waals surface area contributed by atoms with Crippen LogP contribution in [-0.2, 0) is 9.53 Å². The van der Waals surface area contributed by atoms with Gasteiger partial charge in [-0.2, -0.15) is 9.36 Å². The van der Waals surface area contributed by atoms with E-state index in [9.17, 15) is 19.5 Å². The van der Waals surface area contributed by atoms with Crippen LogP contribution in [0.3, 0.4) is 0 Å². The third-order valence-corrected chi connectivity index (χ3v) is 7.88. The van der Waals surface area contributed by atoms with Crippen LogP contribution in [0.2, 0.25) is 0 Å². The molecule has 0 bridgehead atoms. The molecule has 40 heavy (non-hydrogen) atoms. The molecule has 1 atom stereocenters. The largest absolute Gasteiger partial charge is 0.477 e. The van der Waals surface area contributed by atoms with Crippen molar-refractivity contribution >= 4 is 40.3 Å². The average Bonchev–Trinajstić information content (AvgIpc) is 3.42. The number of pyridine rings is 2. The molecule has 2 aliphatic heterocycles. The maximum atomic E-state index is 13.1. The topological polar surface area (TPSA) is 165 Å². The summed E-state index contributed by atoms with van der Waals surface area (Å²) in [6.45, 7) is 3.95. The molecule has 2 aliphatic rings. The highest BCUT2D eigenvalue weighted by Crippen LogP contribution is 2.29. The molecule has 0 aliphatic carbocycles. The number of carboxylic acid groups (broad SMARTS) is 1. The molecule has 2 fully saturated rings. The lowest BCUT2D eigenvalue weighted by Crippen LogP contribution is -2.55. The van der Waals surface area contributed by atoms with Crippen LogP contribution >= 0.6 is 11.5 Å². The van der Waals surface area contributed by atoms with E-state index < -0.39 is 17.0 Å². The summed E-state index contributed by atoms with van der Waals surface area (Å²) < 4.78 is 11.5. The zero-order valence-corrected chi connectivity index (χ0v) is 22.4. The first-order valence-electron chi connectivity index (χ1n) is 12.9. The van der Waals surface area contributed by atoms with Crippen LogP contribution in [0.25, 0.3) is 27.6 Å². The number of aromatic carboxylic acids is 1. The van der Waals surface area contributed by atoms with Gasteiger partial charge in [-0.05, 0) is 37.8 Å². The number of fused-ring (bicyclic) bond motifs is 1. The maximum Gasteiger partial charge on any atom is 0.341 e. The minimum Gasteiger partial charge on any atom is -0.477 e. The first-order valence-corrected chi connectivity index (χ1v) is 13.7. The highest BCUT2D eigenvalue weighted by atomic mass is 32.1. The molecule has 14 heteroatoms. The molecule has 0 spiro atoms. The van der Waals surface area contributed by atoms with Crippen molar-refractivity contribution in [3.63, 3.8) is 0 Å². The summed E-state index contributed by atoms with van der Waals surface area (Å²) in [5.41, 5.74) is 0.415. The first-order chi connectivity index (χ1) is 19.4. The zero-order chi connectivity index (χ0) is 27.8. The van der Waals surface area contributed by atoms with Crippen molar-refractivity contribution in [3.05, 3.63) is 52.3 Å². The molecule has 4 aromatic heterocycles. The molecule has 6 rings (SSSR count). The fourth-order valence-corrected chi connectivity index (χ4v) is 5.61. The Kier molecular flexibility index (Phi) is 6.94. The molecule has 4 aromatic rings. The number of carbonyl (C=O) groups is 2. The highest BCUT2D eigenvalue weighted by Gasteiger charge is 2.34. The summed E-state index contributed by atoms with van der Waals surface area (Å²) in [4.78, 5) is 57.0. The van der Waals surface area contributed by atoms with E-state index in [-0.39, 0.29) is 29.0 Å². The van der Waals surface area contributed by atoms with Gasteiger partial charge in [-0.1, -0.05) is 0 Å². The minimum atomic E-state index is -1.35. The number of rotatable bonds is 7. The van der Waals surface area contributed by atoms with Gasteiger partial charge in [-0.15, -0.1) is 0 Å². The van der Waals surface area contributed by atoms with Gasteiger partial charge in [0.1, 0.15) is 17.7 Å². The van der Waals surface area contributed by atoms with Crippen molar-refractivity contribution in [1.82, 2.24) is 34.2 Å². The predicted octanol–water partition coefficient (Wildman–Crippen LogP) is 1.82. The normalized spacial score (nSPS) is 17.5. The summed E-state index contributed by atoms with van der Waals surface area (Å²) in [5.74, 6) is -0.593. The Labute approximate surface area is 232 Å². The molecule has 13 nitrogen and oxygen atoms in total. The van der Waals surface area contributed by atoms with Crippen LogP contribution < -0.4 is 15.6 Å². The van der Waals surface area contributed by atoms with Crippen LogP contribution in [0.5, 0.6) is 0 Å². The van der Waals surface area contributed by atoms with Crippen LogP contribution in [-0.4, -0.2) is 78.2 Å². The third-order valence-electron chi connectivity index (χ3n) is 7.17. The lowest BCUT2D eigenvalue weighted by molar-refractivity contribution is -0.126. The molecule has 206 valence electrons. The number of hydrogen-bond donors (Lipinski definition) is 2. The molecule has 0 aromatic carbocycles. The van der Waals surface area contributed by atoms with Gasteiger partial charge in [-0.3, -0.25) is 14.2 Å². The molecule has 1 unspecified atom stereocenters. The Morgan fingerprint density at radius 3 is 2.73 bits per heavy atom. The van der Waals surface area contributed by atoms with Crippen molar-refractivity contribution in [2.75, 3.05) is 31.1 Å². The van der Waals surface area contributed by atoms with Crippen molar-refractivity contribution in [1.29, 1.82) is 0 Å². The molecule has 2 N–H and O–H groups in total. The van der Waals surface area contributed by atoms with Crippen molar-refractivity contribution in [2.24, 2.45) is 5.92 Å². The number of amides is 1. The Morgan fingerprint density at radius 2 is 2.00 bits per heavy atom. The maximum absolute atomic E-state index is 13.1. The minimum absolute atomic E-state index is 0.0165. The Balaban J connectivity index is 1.29. The van der Waals surface area contributed by atoms with Gasteiger partial charge in [-0.25, -0.2) is 19.7 Å². The van der Waals surface area contributed by atoms with Gasteiger partial charge in [0.15, 0.2) is 11.5 Å². The number of anilines is 1. The Morgan fingerprint density at radius 1 is 1.20 bits per heavy atom. The van der Waals surface area contributed by atoms with E-state index in [0.717, 1.165) is 37.4 Å². The van der Waals surface area contributed by atoms with Crippen molar-refractivity contribution in [2.45, 2.75) is 32.3 Å². The Hall–Kier alpha value is -4.30. The highest BCUT2D eigenvalue weighted by molar-refractivity contribution is 7.08. The summed E-state index contributed by atoms with van der Waals surface area (Å²) >= 11 is 1.03. The Bertz CT molecular complexity index is 1640. The summed E-state index contributed by atoms with van der Waals surface area (Å²) in [6, 6.07) is 1.75. The van der Waals surface area contributed by atoms with E-state index in [1.54, 1.807) is 25.4 Å². The number of ether oxygens (including phenoxy) is 1. The summed E-state index contributed by atoms with van der Waals surface area (Å²) in [5, 5.41) is 13.3. The molecule has 6 heterocycles. The van der Waals surface area contributed by atoms with E-state index >= 15 is 0 Å².